The fraction of sp³-hybridized carbons (Fsp3) is 0.192. The number of nitrogens with zero attached hydrogens (tertiary/aromatic N) is 1. The minimum Gasteiger partial charge on any atom is -0.488 e. The minimum absolute atomic E-state index is 0.192. The van der Waals surface area contributed by atoms with E-state index in [-0.39, 0.29) is 18.4 Å². The Morgan fingerprint density at radius 2 is 1.73 bits per heavy atom. The molecule has 1 heterocycles. The van der Waals surface area contributed by atoms with Gasteiger partial charge in [-0.3, -0.25) is 9.59 Å². The molecule has 0 unspecified atom stereocenters. The molecule has 0 saturated heterocycles. The summed E-state index contributed by atoms with van der Waals surface area (Å²) in [5.74, 6) is 0.609. The first-order valence-electron chi connectivity index (χ1n) is 10.7. The van der Waals surface area contributed by atoms with Crippen LogP contribution in [0.1, 0.15) is 44.7 Å². The summed E-state index contributed by atoms with van der Waals surface area (Å²) in [7, 11) is 0. The third-order valence-electron chi connectivity index (χ3n) is 5.37. The molecule has 2 amide bonds. The van der Waals surface area contributed by atoms with E-state index in [1.807, 2.05) is 51.1 Å². The Labute approximate surface area is 191 Å². The third-order valence-corrected chi connectivity index (χ3v) is 5.37. The normalized spacial score (nSPS) is 10.8. The van der Waals surface area contributed by atoms with Crippen molar-refractivity contribution in [2.24, 2.45) is 0 Å². The fourth-order valence-corrected chi connectivity index (χ4v) is 3.57. The molecule has 33 heavy (non-hydrogen) atoms. The zero-order valence-electron chi connectivity index (χ0n) is 18.8. The molecule has 0 spiro atoms. The lowest BCUT2D eigenvalue weighted by molar-refractivity contribution is 0.0954. The van der Waals surface area contributed by atoms with Crippen molar-refractivity contribution < 1.29 is 18.8 Å². The van der Waals surface area contributed by atoms with Crippen molar-refractivity contribution in [1.29, 1.82) is 0 Å². The number of ether oxygens (including phenoxy) is 1. The average molecular weight is 444 g/mol. The number of rotatable bonds is 7. The van der Waals surface area contributed by atoms with Gasteiger partial charge in [0.1, 0.15) is 18.1 Å². The lowest BCUT2D eigenvalue weighted by Crippen LogP contribution is -2.22. The van der Waals surface area contributed by atoms with E-state index in [4.69, 9.17) is 9.26 Å². The van der Waals surface area contributed by atoms with Crippen molar-refractivity contribution in [3.63, 3.8) is 0 Å². The van der Waals surface area contributed by atoms with E-state index in [0.29, 0.717) is 34.9 Å². The lowest BCUT2D eigenvalue weighted by Gasteiger charge is -2.14. The summed E-state index contributed by atoms with van der Waals surface area (Å²) in [6, 6.07) is 18.3. The van der Waals surface area contributed by atoms with Gasteiger partial charge in [0, 0.05) is 17.8 Å². The summed E-state index contributed by atoms with van der Waals surface area (Å²) in [5.41, 5.74) is 2.99. The molecule has 3 aromatic carbocycles. The van der Waals surface area contributed by atoms with Crippen LogP contribution in [-0.2, 0) is 6.61 Å². The number of nitrogens with one attached hydrogen (secondary N) is 2. The van der Waals surface area contributed by atoms with Crippen LogP contribution < -0.4 is 15.4 Å². The van der Waals surface area contributed by atoms with Crippen LogP contribution in [0, 0.1) is 13.8 Å². The Morgan fingerprint density at radius 1 is 0.970 bits per heavy atom. The average Bonchev–Trinajstić information content (AvgIpc) is 3.14. The number of carbonyl (C=O) groups excluding carboxylic acids is 2. The van der Waals surface area contributed by atoms with Gasteiger partial charge in [0.2, 0.25) is 0 Å². The maximum absolute atomic E-state index is 13.3. The maximum atomic E-state index is 13.3. The number of hydrogen-bond acceptors (Lipinski definition) is 5. The van der Waals surface area contributed by atoms with Gasteiger partial charge < -0.3 is 19.9 Å². The molecule has 0 atom stereocenters. The van der Waals surface area contributed by atoms with Gasteiger partial charge in [-0.15, -0.1) is 0 Å². The van der Waals surface area contributed by atoms with Crippen LogP contribution >= 0.6 is 0 Å². The number of fused-ring (bicyclic) bond motifs is 1. The van der Waals surface area contributed by atoms with Gasteiger partial charge in [0.05, 0.1) is 16.8 Å². The Hall–Kier alpha value is -4.13. The van der Waals surface area contributed by atoms with Gasteiger partial charge >= 0.3 is 0 Å². The predicted molar refractivity (Wildman–Crippen MR) is 127 cm³/mol. The molecule has 4 aromatic rings. The molecule has 0 fully saturated rings. The van der Waals surface area contributed by atoms with Crippen molar-refractivity contribution in [1.82, 2.24) is 10.5 Å². The zero-order valence-corrected chi connectivity index (χ0v) is 18.8. The summed E-state index contributed by atoms with van der Waals surface area (Å²) < 4.78 is 11.3. The summed E-state index contributed by atoms with van der Waals surface area (Å²) >= 11 is 0. The SMILES string of the molecule is CCNC(=O)c1cccc(NC(=O)c2cc3ccccc3cc2OCc2c(C)noc2C)c1. The largest absolute Gasteiger partial charge is 0.488 e. The van der Waals surface area contributed by atoms with Crippen LogP contribution in [0.4, 0.5) is 5.69 Å². The summed E-state index contributed by atoms with van der Waals surface area (Å²) in [6.45, 7) is 6.29. The Kier molecular flexibility index (Phi) is 6.40. The highest BCUT2D eigenvalue weighted by atomic mass is 16.5. The molecule has 7 heteroatoms. The van der Waals surface area contributed by atoms with E-state index in [1.165, 1.54) is 0 Å². The van der Waals surface area contributed by atoms with Crippen LogP contribution in [0.3, 0.4) is 0 Å². The Balaban J connectivity index is 1.64. The van der Waals surface area contributed by atoms with E-state index in [0.717, 1.165) is 22.0 Å². The van der Waals surface area contributed by atoms with Crippen molar-refractivity contribution in [2.45, 2.75) is 27.4 Å². The second kappa shape index (κ2) is 9.56. The molecule has 0 aliphatic heterocycles. The van der Waals surface area contributed by atoms with Crippen LogP contribution in [0.5, 0.6) is 5.75 Å². The van der Waals surface area contributed by atoms with Gasteiger partial charge in [-0.2, -0.15) is 0 Å². The van der Waals surface area contributed by atoms with E-state index in [9.17, 15) is 9.59 Å². The van der Waals surface area contributed by atoms with Crippen LogP contribution in [-0.4, -0.2) is 23.5 Å². The minimum atomic E-state index is -0.331. The third kappa shape index (κ3) is 4.87. The molecule has 7 nitrogen and oxygen atoms in total. The number of benzene rings is 3. The van der Waals surface area contributed by atoms with Gasteiger partial charge in [-0.05, 0) is 61.9 Å². The molecular weight excluding hydrogens is 418 g/mol. The molecular formula is C26H25N3O4. The van der Waals surface area contributed by atoms with Gasteiger partial charge in [-0.25, -0.2) is 0 Å². The smallest absolute Gasteiger partial charge is 0.259 e. The lowest BCUT2D eigenvalue weighted by atomic mass is 10.0. The number of aryl methyl sites for hydroxylation is 2. The second-order valence-corrected chi connectivity index (χ2v) is 7.68. The zero-order chi connectivity index (χ0) is 23.4. The van der Waals surface area contributed by atoms with Crippen molar-refractivity contribution in [3.8, 4) is 5.75 Å². The molecule has 0 radical (unpaired) electrons. The molecule has 2 N–H and O–H groups in total. The van der Waals surface area contributed by atoms with E-state index < -0.39 is 0 Å². The van der Waals surface area contributed by atoms with Gasteiger partial charge in [-0.1, -0.05) is 35.5 Å². The van der Waals surface area contributed by atoms with E-state index >= 15 is 0 Å². The van der Waals surface area contributed by atoms with E-state index in [1.54, 1.807) is 30.3 Å². The van der Waals surface area contributed by atoms with Crippen molar-refractivity contribution in [2.75, 3.05) is 11.9 Å². The first-order chi connectivity index (χ1) is 16.0. The first kappa shape index (κ1) is 22.1. The molecule has 0 aliphatic carbocycles. The first-order valence-corrected chi connectivity index (χ1v) is 10.7. The number of anilines is 1. The molecule has 4 rings (SSSR count). The van der Waals surface area contributed by atoms with Crippen LogP contribution in [0.15, 0.2) is 65.2 Å². The van der Waals surface area contributed by atoms with Gasteiger partial charge in [0.25, 0.3) is 11.8 Å². The summed E-state index contributed by atoms with van der Waals surface area (Å²) in [6.07, 6.45) is 0. The second-order valence-electron chi connectivity index (χ2n) is 7.68. The number of aromatic nitrogens is 1. The topological polar surface area (TPSA) is 93.5 Å². The van der Waals surface area contributed by atoms with Crippen LogP contribution in [0.2, 0.25) is 0 Å². The van der Waals surface area contributed by atoms with E-state index in [2.05, 4.69) is 15.8 Å². The molecule has 168 valence electrons. The quantitative estimate of drug-likeness (QED) is 0.418. The summed E-state index contributed by atoms with van der Waals surface area (Å²) in [5, 5.41) is 11.5. The standard InChI is InChI=1S/C26H25N3O4/c1-4-27-25(30)20-10-7-11-21(12-20)28-26(31)22-13-18-8-5-6-9-19(18)14-24(22)32-15-23-16(2)29-33-17(23)3/h5-14H,4,15H2,1-3H3,(H,27,30)(H,28,31). The molecule has 1 aromatic heterocycles. The number of carbonyl (C=O) groups is 2. The van der Waals surface area contributed by atoms with Crippen LogP contribution in [0.25, 0.3) is 10.8 Å². The maximum Gasteiger partial charge on any atom is 0.259 e. The van der Waals surface area contributed by atoms with Crippen molar-refractivity contribution in [3.05, 3.63) is 88.8 Å². The number of amides is 2. The highest BCUT2D eigenvalue weighted by molar-refractivity contribution is 6.09. The predicted octanol–water partition coefficient (Wildman–Crippen LogP) is 5.03. The molecule has 0 bridgehead atoms. The Morgan fingerprint density at radius 3 is 2.42 bits per heavy atom. The monoisotopic (exact) mass is 443 g/mol. The Bertz CT molecular complexity index is 1310. The fourth-order valence-electron chi connectivity index (χ4n) is 3.57. The van der Waals surface area contributed by atoms with Crippen molar-refractivity contribution >= 4 is 28.3 Å². The molecule has 0 aliphatic rings. The number of hydrogen-bond donors (Lipinski definition) is 2. The highest BCUT2D eigenvalue weighted by Crippen LogP contribution is 2.28. The highest BCUT2D eigenvalue weighted by Gasteiger charge is 2.17. The summed E-state index contributed by atoms with van der Waals surface area (Å²) in [4.78, 5) is 25.4. The molecule has 0 saturated carbocycles. The van der Waals surface area contributed by atoms with Gasteiger partial charge in [0.15, 0.2) is 0 Å².